The van der Waals surface area contributed by atoms with Crippen molar-refractivity contribution in [1.29, 1.82) is 0 Å². The van der Waals surface area contributed by atoms with Gasteiger partial charge in [0, 0.05) is 24.4 Å². The molecule has 43 heavy (non-hydrogen) atoms. The highest BCUT2D eigenvalue weighted by atomic mass is 32.2. The molecule has 0 atom stereocenters. The number of likely N-dealkylation sites (N-methyl/N-ethyl adjacent to an activating group) is 1. The quantitative estimate of drug-likeness (QED) is 0.182. The molecule has 0 saturated heterocycles. The summed E-state index contributed by atoms with van der Waals surface area (Å²) in [5.74, 6) is -1.47. The number of hydrogen-bond acceptors (Lipinski definition) is 8. The van der Waals surface area contributed by atoms with Crippen LogP contribution in [0.15, 0.2) is 95.9 Å². The molecular formula is C32H32N2O8S. The molecule has 0 fully saturated rings. The van der Waals surface area contributed by atoms with Crippen molar-refractivity contribution in [3.63, 3.8) is 0 Å². The number of carbonyl (C=O) groups is 2. The number of methoxy groups -OCH3 is 1. The number of aromatic hydroxyl groups is 1. The highest BCUT2D eigenvalue weighted by Gasteiger charge is 2.27. The summed E-state index contributed by atoms with van der Waals surface area (Å²) in [6.07, 6.45) is -1.92. The Morgan fingerprint density at radius 1 is 0.884 bits per heavy atom. The van der Waals surface area contributed by atoms with Crippen LogP contribution >= 0.6 is 0 Å². The van der Waals surface area contributed by atoms with E-state index >= 15 is 0 Å². The largest absolute Gasteiger partial charge is 0.507 e. The number of aryl methyl sites for hydroxylation is 1. The van der Waals surface area contributed by atoms with Crippen LogP contribution in [-0.4, -0.2) is 60.6 Å². The van der Waals surface area contributed by atoms with Crippen LogP contribution in [0, 0.1) is 6.92 Å². The lowest BCUT2D eigenvalue weighted by Crippen LogP contribution is -2.41. The first-order valence-electron chi connectivity index (χ1n) is 13.2. The van der Waals surface area contributed by atoms with Gasteiger partial charge in [0.15, 0.2) is 6.29 Å². The Labute approximate surface area is 250 Å². The van der Waals surface area contributed by atoms with E-state index in [0.29, 0.717) is 11.1 Å². The van der Waals surface area contributed by atoms with Crippen LogP contribution in [0.4, 0.5) is 5.69 Å². The summed E-state index contributed by atoms with van der Waals surface area (Å²) in [4.78, 5) is 26.9. The summed E-state index contributed by atoms with van der Waals surface area (Å²) in [5.41, 5.74) is 3.67. The van der Waals surface area contributed by atoms with Gasteiger partial charge in [0.25, 0.3) is 0 Å². The van der Waals surface area contributed by atoms with Crippen molar-refractivity contribution in [1.82, 2.24) is 4.31 Å². The number of nitrogens with zero attached hydrogens (tertiary/aromatic N) is 2. The van der Waals surface area contributed by atoms with Gasteiger partial charge in [-0.3, -0.25) is 4.79 Å². The summed E-state index contributed by atoms with van der Waals surface area (Å²) in [5, 5.41) is 29.4. The van der Waals surface area contributed by atoms with Crippen molar-refractivity contribution in [3.8, 4) is 16.9 Å². The molecule has 11 heteroatoms. The van der Waals surface area contributed by atoms with E-state index in [-0.39, 0.29) is 22.7 Å². The van der Waals surface area contributed by atoms with Gasteiger partial charge in [0.2, 0.25) is 15.9 Å². The second-order valence-corrected chi connectivity index (χ2v) is 12.0. The molecule has 0 saturated carbocycles. The molecule has 224 valence electrons. The van der Waals surface area contributed by atoms with Crippen molar-refractivity contribution in [2.45, 2.75) is 24.7 Å². The third kappa shape index (κ3) is 7.27. The van der Waals surface area contributed by atoms with Crippen molar-refractivity contribution in [3.05, 3.63) is 113 Å². The minimum atomic E-state index is -3.98. The van der Waals surface area contributed by atoms with E-state index in [0.717, 1.165) is 21.0 Å². The molecule has 4 aromatic rings. The number of ether oxygens (including phenoxy) is 1. The molecule has 0 unspecified atom stereocenters. The maximum absolute atomic E-state index is 13.6. The molecule has 0 aliphatic carbocycles. The lowest BCUT2D eigenvalue weighted by molar-refractivity contribution is -0.118. The Kier molecular flexibility index (Phi) is 9.62. The number of sulfonamides is 1. The number of aliphatic hydroxyl groups is 2. The normalized spacial score (nSPS) is 11.5. The Balaban J connectivity index is 1.63. The third-order valence-electron chi connectivity index (χ3n) is 6.90. The number of benzene rings is 4. The second-order valence-electron chi connectivity index (χ2n) is 9.94. The number of rotatable bonds is 10. The van der Waals surface area contributed by atoms with Crippen LogP contribution in [0.25, 0.3) is 11.1 Å². The molecule has 0 aliphatic rings. The van der Waals surface area contributed by atoms with Gasteiger partial charge in [-0.15, -0.1) is 0 Å². The van der Waals surface area contributed by atoms with Crippen LogP contribution in [0.3, 0.4) is 0 Å². The van der Waals surface area contributed by atoms with Crippen molar-refractivity contribution in [2.75, 3.05) is 25.6 Å². The number of anilines is 1. The summed E-state index contributed by atoms with van der Waals surface area (Å²) in [6.45, 7) is 1.35. The predicted octanol–water partition coefficient (Wildman–Crippen LogP) is 3.99. The fourth-order valence-corrected chi connectivity index (χ4v) is 5.54. The van der Waals surface area contributed by atoms with Crippen molar-refractivity contribution >= 4 is 27.6 Å². The van der Waals surface area contributed by atoms with E-state index in [1.165, 1.54) is 49.4 Å². The maximum Gasteiger partial charge on any atom is 0.337 e. The van der Waals surface area contributed by atoms with E-state index in [9.17, 15) is 33.3 Å². The van der Waals surface area contributed by atoms with E-state index in [4.69, 9.17) is 4.74 Å². The molecule has 0 radical (unpaired) electrons. The van der Waals surface area contributed by atoms with Gasteiger partial charge in [-0.1, -0.05) is 54.1 Å². The Morgan fingerprint density at radius 3 is 2.16 bits per heavy atom. The standard InChI is InChI=1S/C32H32N2O8S/c1-21-7-14-27(15-8-21)43(40,41)33(2)20-30(36)34(26-13-16-28(31(37)38)29(35)18-26)19-22-9-11-23(12-10-22)24-5-4-6-25(17-24)32(39)42-3/h4-18,31,35,37-38H,19-20H2,1-3H3. The van der Waals surface area contributed by atoms with Crippen molar-refractivity contribution in [2.24, 2.45) is 0 Å². The number of aliphatic hydroxyl groups excluding tert-OH is 1. The zero-order valence-electron chi connectivity index (χ0n) is 23.8. The summed E-state index contributed by atoms with van der Waals surface area (Å²) >= 11 is 0. The molecule has 3 N–H and O–H groups in total. The Bertz CT molecular complexity index is 1720. The average molecular weight is 605 g/mol. The number of amides is 1. The first-order valence-corrected chi connectivity index (χ1v) is 14.6. The van der Waals surface area contributed by atoms with Gasteiger partial charge in [-0.05, 0) is 60.0 Å². The summed E-state index contributed by atoms with van der Waals surface area (Å²) in [6, 6.07) is 24.4. The van der Waals surface area contributed by atoms with Crippen molar-refractivity contribution < 1.29 is 38.1 Å². The fraction of sp³-hybridized carbons (Fsp3) is 0.188. The van der Waals surface area contributed by atoms with Gasteiger partial charge in [-0.25, -0.2) is 13.2 Å². The first kappa shape index (κ1) is 31.4. The molecule has 0 aliphatic heterocycles. The number of phenols is 1. The maximum atomic E-state index is 13.6. The van der Waals surface area contributed by atoms with E-state index in [1.54, 1.807) is 42.5 Å². The molecule has 10 nitrogen and oxygen atoms in total. The molecule has 4 rings (SSSR count). The number of carbonyl (C=O) groups excluding carboxylic acids is 2. The third-order valence-corrected chi connectivity index (χ3v) is 8.72. The van der Waals surface area contributed by atoms with Crippen LogP contribution in [0.5, 0.6) is 5.75 Å². The minimum Gasteiger partial charge on any atom is -0.507 e. The molecule has 0 bridgehead atoms. The van der Waals surface area contributed by atoms with E-state index < -0.39 is 40.5 Å². The van der Waals surface area contributed by atoms with Gasteiger partial charge in [-0.2, -0.15) is 4.31 Å². The van der Waals surface area contributed by atoms with Crippen LogP contribution < -0.4 is 4.90 Å². The lowest BCUT2D eigenvalue weighted by Gasteiger charge is -2.26. The van der Waals surface area contributed by atoms with Crippen LogP contribution in [-0.2, 0) is 26.1 Å². The first-order chi connectivity index (χ1) is 20.4. The Morgan fingerprint density at radius 2 is 1.56 bits per heavy atom. The minimum absolute atomic E-state index is 0.0141. The zero-order valence-corrected chi connectivity index (χ0v) is 24.7. The zero-order chi connectivity index (χ0) is 31.3. The average Bonchev–Trinajstić information content (AvgIpc) is 2.99. The second kappa shape index (κ2) is 13.2. The monoisotopic (exact) mass is 604 g/mol. The molecular weight excluding hydrogens is 572 g/mol. The number of esters is 1. The lowest BCUT2D eigenvalue weighted by atomic mass is 10.0. The highest BCUT2D eigenvalue weighted by Crippen LogP contribution is 2.30. The van der Waals surface area contributed by atoms with Crippen LogP contribution in [0.2, 0.25) is 0 Å². The van der Waals surface area contributed by atoms with Gasteiger partial charge >= 0.3 is 5.97 Å². The molecule has 1 amide bonds. The fourth-order valence-electron chi connectivity index (χ4n) is 4.42. The van der Waals surface area contributed by atoms with Gasteiger partial charge in [0.1, 0.15) is 5.75 Å². The summed E-state index contributed by atoms with van der Waals surface area (Å²) in [7, 11) is -1.35. The SMILES string of the molecule is COC(=O)c1cccc(-c2ccc(CN(C(=O)CN(C)S(=O)(=O)c3ccc(C)cc3)c3ccc(C(O)O)c(O)c3)cc2)c1. The molecule has 0 heterocycles. The molecule has 0 aromatic heterocycles. The highest BCUT2D eigenvalue weighted by molar-refractivity contribution is 7.89. The smallest absolute Gasteiger partial charge is 0.337 e. The van der Waals surface area contributed by atoms with E-state index in [1.807, 2.05) is 25.1 Å². The topological polar surface area (TPSA) is 145 Å². The van der Waals surface area contributed by atoms with Gasteiger partial charge < -0.3 is 25.0 Å². The Hall–Kier alpha value is -4.55. The van der Waals surface area contributed by atoms with Crippen LogP contribution in [0.1, 0.15) is 33.3 Å². The summed E-state index contributed by atoms with van der Waals surface area (Å²) < 4.78 is 32.1. The number of hydrogen-bond donors (Lipinski definition) is 3. The van der Waals surface area contributed by atoms with E-state index in [2.05, 4.69) is 0 Å². The van der Waals surface area contributed by atoms with Gasteiger partial charge in [0.05, 0.1) is 30.7 Å². The predicted molar refractivity (Wildman–Crippen MR) is 161 cm³/mol. The number of phenolic OH excluding ortho intramolecular Hbond substituents is 1. The molecule has 0 spiro atoms. The molecule has 4 aromatic carbocycles.